The van der Waals surface area contributed by atoms with E-state index in [2.05, 4.69) is 20.9 Å². The molecule has 1 aromatic rings. The lowest BCUT2D eigenvalue weighted by atomic mass is 10.2. The largest absolute Gasteiger partial charge is 0.534 e. The van der Waals surface area contributed by atoms with Crippen molar-refractivity contribution in [2.45, 2.75) is 31.2 Å². The Bertz CT molecular complexity index is 695. The minimum absolute atomic E-state index is 0.398. The number of benzene rings is 1. The van der Waals surface area contributed by atoms with Gasteiger partial charge in [-0.05, 0) is 50.2 Å². The van der Waals surface area contributed by atoms with Crippen LogP contribution in [0.2, 0.25) is 0 Å². The molecule has 0 spiro atoms. The summed E-state index contributed by atoms with van der Waals surface area (Å²) in [4.78, 5) is 2.27. The molecule has 1 aliphatic rings. The van der Waals surface area contributed by atoms with Crippen molar-refractivity contribution < 1.29 is 25.8 Å². The molecule has 0 saturated carbocycles. The van der Waals surface area contributed by atoms with Gasteiger partial charge in [0, 0.05) is 5.56 Å². The molecule has 0 aromatic heterocycles. The second-order valence-corrected chi connectivity index (χ2v) is 7.04. The van der Waals surface area contributed by atoms with Crippen molar-refractivity contribution in [3.63, 3.8) is 0 Å². The Morgan fingerprint density at radius 3 is 2.17 bits per heavy atom. The number of rotatable bonds is 3. The van der Waals surface area contributed by atoms with Gasteiger partial charge in [0.1, 0.15) is 5.75 Å². The van der Waals surface area contributed by atoms with E-state index in [1.54, 1.807) is 0 Å². The van der Waals surface area contributed by atoms with Gasteiger partial charge < -0.3 is 4.18 Å². The predicted octanol–water partition coefficient (Wildman–Crippen LogP) is 3.14. The van der Waals surface area contributed by atoms with Crippen molar-refractivity contribution >= 4 is 10.1 Å². The minimum atomic E-state index is -5.64. The molecule has 0 atom stereocenters. The molecule has 0 radical (unpaired) electrons. The molecule has 0 bridgehead atoms. The number of alkyl halides is 3. The molecule has 8 heteroatoms. The Labute approximate surface area is 139 Å². The lowest BCUT2D eigenvalue weighted by Gasteiger charge is -2.15. The Kier molecular flexibility index (Phi) is 6.13. The fraction of sp³-hybridized carbons (Fsp3) is 0.500. The van der Waals surface area contributed by atoms with Crippen LogP contribution in [-0.2, 0) is 10.1 Å². The molecular weight excluding hydrogens is 343 g/mol. The monoisotopic (exact) mass is 361 g/mol. The Morgan fingerprint density at radius 1 is 1.04 bits per heavy atom. The highest BCUT2D eigenvalue weighted by Gasteiger charge is 2.48. The second kappa shape index (κ2) is 7.90. The molecule has 1 fully saturated rings. The number of hydrogen-bond acceptors (Lipinski definition) is 4. The summed E-state index contributed by atoms with van der Waals surface area (Å²) in [6.45, 7) is 2.69. The molecule has 1 saturated heterocycles. The van der Waals surface area contributed by atoms with Gasteiger partial charge in [-0.1, -0.05) is 24.7 Å². The van der Waals surface area contributed by atoms with Gasteiger partial charge in [0.05, 0.1) is 6.54 Å². The van der Waals surface area contributed by atoms with Crippen molar-refractivity contribution in [2.24, 2.45) is 0 Å². The van der Waals surface area contributed by atoms with Crippen LogP contribution in [0.1, 0.15) is 31.2 Å². The zero-order chi connectivity index (χ0) is 17.6. The zero-order valence-electron chi connectivity index (χ0n) is 13.0. The third-order valence-electron chi connectivity index (χ3n) is 3.58. The van der Waals surface area contributed by atoms with Gasteiger partial charge in [-0.3, -0.25) is 4.90 Å². The van der Waals surface area contributed by atoms with E-state index < -0.39 is 21.4 Å². The highest BCUT2D eigenvalue weighted by Crippen LogP contribution is 2.26. The van der Waals surface area contributed by atoms with Crippen LogP contribution in [0.4, 0.5) is 13.2 Å². The van der Waals surface area contributed by atoms with Crippen LogP contribution < -0.4 is 4.18 Å². The van der Waals surface area contributed by atoms with Crippen molar-refractivity contribution in [1.29, 1.82) is 0 Å². The SMILES string of the molecule is O=S(=O)(Oc1ccc(C#CCN2CCCCCC2)cc1)C(F)(F)F. The van der Waals surface area contributed by atoms with E-state index in [9.17, 15) is 21.6 Å². The molecule has 0 aliphatic carbocycles. The fourth-order valence-corrected chi connectivity index (χ4v) is 2.77. The zero-order valence-corrected chi connectivity index (χ0v) is 13.8. The molecule has 24 heavy (non-hydrogen) atoms. The number of hydrogen-bond donors (Lipinski definition) is 0. The molecule has 4 nitrogen and oxygen atoms in total. The molecule has 0 amide bonds. The Hall–Kier alpha value is -1.72. The molecular formula is C16H18F3NO3S. The summed E-state index contributed by atoms with van der Waals surface area (Å²) in [5.41, 5.74) is -4.86. The predicted molar refractivity (Wildman–Crippen MR) is 83.8 cm³/mol. The van der Waals surface area contributed by atoms with Crippen LogP contribution in [0.15, 0.2) is 24.3 Å². The average molecular weight is 361 g/mol. The lowest BCUT2D eigenvalue weighted by molar-refractivity contribution is -0.0500. The highest BCUT2D eigenvalue weighted by atomic mass is 32.2. The van der Waals surface area contributed by atoms with Crippen molar-refractivity contribution in [2.75, 3.05) is 19.6 Å². The third kappa shape index (κ3) is 5.42. The molecule has 1 heterocycles. The normalized spacial score (nSPS) is 16.8. The standard InChI is InChI=1S/C16H18F3NO3S/c17-16(18,19)24(21,22)23-15-9-7-14(8-10-15)6-5-13-20-11-3-1-2-4-12-20/h7-10H,1-4,11-13H2. The van der Waals surface area contributed by atoms with Gasteiger partial charge in [0.25, 0.3) is 0 Å². The second-order valence-electron chi connectivity index (χ2n) is 5.50. The van der Waals surface area contributed by atoms with Crippen molar-refractivity contribution in [3.8, 4) is 17.6 Å². The quantitative estimate of drug-likeness (QED) is 0.471. The first-order valence-corrected chi connectivity index (χ1v) is 9.01. The van der Waals surface area contributed by atoms with Crippen LogP contribution in [0.25, 0.3) is 0 Å². The van der Waals surface area contributed by atoms with E-state index in [1.165, 1.54) is 37.8 Å². The first-order chi connectivity index (χ1) is 11.3. The van der Waals surface area contributed by atoms with Crippen molar-refractivity contribution in [3.05, 3.63) is 29.8 Å². The van der Waals surface area contributed by atoms with Gasteiger partial charge in [0.15, 0.2) is 0 Å². The van der Waals surface area contributed by atoms with E-state index in [-0.39, 0.29) is 0 Å². The van der Waals surface area contributed by atoms with Crippen LogP contribution >= 0.6 is 0 Å². The fourth-order valence-electron chi connectivity index (χ4n) is 2.32. The molecule has 1 aliphatic heterocycles. The third-order valence-corrected chi connectivity index (χ3v) is 4.56. The Balaban J connectivity index is 1.94. The lowest BCUT2D eigenvalue weighted by Crippen LogP contribution is -2.28. The van der Waals surface area contributed by atoms with Crippen LogP contribution in [-0.4, -0.2) is 38.5 Å². The molecule has 1 aromatic carbocycles. The van der Waals surface area contributed by atoms with E-state index in [0.717, 1.165) is 25.2 Å². The smallest absolute Gasteiger partial charge is 0.376 e. The van der Waals surface area contributed by atoms with Crippen LogP contribution in [0.5, 0.6) is 5.75 Å². The van der Waals surface area contributed by atoms with E-state index in [4.69, 9.17) is 0 Å². The number of nitrogens with zero attached hydrogens (tertiary/aromatic N) is 1. The maximum atomic E-state index is 12.2. The first kappa shape index (κ1) is 18.6. The van der Waals surface area contributed by atoms with E-state index >= 15 is 0 Å². The maximum Gasteiger partial charge on any atom is 0.534 e. The molecule has 0 unspecified atom stereocenters. The summed E-state index contributed by atoms with van der Waals surface area (Å²) in [7, 11) is -5.64. The number of halogens is 3. The summed E-state index contributed by atoms with van der Waals surface area (Å²) in [5.74, 6) is 5.54. The topological polar surface area (TPSA) is 46.6 Å². The first-order valence-electron chi connectivity index (χ1n) is 7.60. The van der Waals surface area contributed by atoms with Gasteiger partial charge in [0.2, 0.25) is 0 Å². The maximum absolute atomic E-state index is 12.2. The molecule has 132 valence electrons. The highest BCUT2D eigenvalue weighted by molar-refractivity contribution is 7.87. The summed E-state index contributed by atoms with van der Waals surface area (Å²) in [6, 6.07) is 5.16. The Morgan fingerprint density at radius 2 is 1.62 bits per heavy atom. The van der Waals surface area contributed by atoms with Gasteiger partial charge in [-0.2, -0.15) is 21.6 Å². The van der Waals surface area contributed by atoms with E-state index in [0.29, 0.717) is 12.1 Å². The summed E-state index contributed by atoms with van der Waals surface area (Å²) in [5, 5.41) is 0. The molecule has 0 N–H and O–H groups in total. The summed E-state index contributed by atoms with van der Waals surface area (Å²) in [6.07, 6.45) is 4.82. The summed E-state index contributed by atoms with van der Waals surface area (Å²) >= 11 is 0. The van der Waals surface area contributed by atoms with Crippen LogP contribution in [0, 0.1) is 11.8 Å². The van der Waals surface area contributed by atoms with Gasteiger partial charge in [-0.25, -0.2) is 0 Å². The number of likely N-dealkylation sites (tertiary alicyclic amines) is 1. The van der Waals surface area contributed by atoms with Gasteiger partial charge in [-0.15, -0.1) is 0 Å². The van der Waals surface area contributed by atoms with E-state index in [1.807, 2.05) is 0 Å². The van der Waals surface area contributed by atoms with Crippen LogP contribution in [0.3, 0.4) is 0 Å². The van der Waals surface area contributed by atoms with Gasteiger partial charge >= 0.3 is 15.6 Å². The average Bonchev–Trinajstić information content (AvgIpc) is 2.76. The molecule has 2 rings (SSSR count). The summed E-state index contributed by atoms with van der Waals surface area (Å²) < 4.78 is 62.5. The van der Waals surface area contributed by atoms with Crippen molar-refractivity contribution in [1.82, 2.24) is 4.90 Å². The minimum Gasteiger partial charge on any atom is -0.376 e.